The second-order valence-corrected chi connectivity index (χ2v) is 7.07. The predicted octanol–water partition coefficient (Wildman–Crippen LogP) is 2.61. The Morgan fingerprint density at radius 2 is 1.85 bits per heavy atom. The summed E-state index contributed by atoms with van der Waals surface area (Å²) in [6.45, 7) is 1.96. The highest BCUT2D eigenvalue weighted by Gasteiger charge is 2.24. The molecule has 0 aromatic carbocycles. The van der Waals surface area contributed by atoms with Crippen molar-refractivity contribution >= 4 is 23.2 Å². The highest BCUT2D eigenvalue weighted by Crippen LogP contribution is 2.27. The molecule has 7 heteroatoms. The number of nitrogens with one attached hydrogen (secondary N) is 2. The summed E-state index contributed by atoms with van der Waals surface area (Å²) in [6.07, 6.45) is 10.5. The largest absolute Gasteiger partial charge is 0.370 e. The van der Waals surface area contributed by atoms with Gasteiger partial charge in [0.15, 0.2) is 0 Å². The van der Waals surface area contributed by atoms with Crippen molar-refractivity contribution in [2.75, 3.05) is 23.3 Å². The van der Waals surface area contributed by atoms with Crippen LogP contribution in [0, 0.1) is 0 Å². The van der Waals surface area contributed by atoms with Gasteiger partial charge in [-0.25, -0.2) is 0 Å². The number of rotatable bonds is 5. The van der Waals surface area contributed by atoms with Crippen LogP contribution in [0.25, 0.3) is 0 Å². The standard InChI is InChI=1S/C20H23N5O2/c26-19(14-6-9-22-16(12-14)20(27)23-15-4-5-15)24-17-13-21-8-7-18(17)25-10-2-1-3-11-25/h6-9,12-13,15H,1-5,10-11H2,(H,23,27)(H,24,26). The molecule has 0 bridgehead atoms. The van der Waals surface area contributed by atoms with Crippen LogP contribution in [0.5, 0.6) is 0 Å². The minimum absolute atomic E-state index is 0.234. The summed E-state index contributed by atoms with van der Waals surface area (Å²) in [6, 6.07) is 5.32. The minimum Gasteiger partial charge on any atom is -0.370 e. The average molecular weight is 365 g/mol. The van der Waals surface area contributed by atoms with Gasteiger partial charge in [-0.1, -0.05) is 0 Å². The average Bonchev–Trinajstić information content (AvgIpc) is 3.53. The molecule has 0 unspecified atom stereocenters. The number of amides is 2. The lowest BCUT2D eigenvalue weighted by atomic mass is 10.1. The van der Waals surface area contributed by atoms with Crippen molar-refractivity contribution in [3.8, 4) is 0 Å². The van der Waals surface area contributed by atoms with E-state index in [1.165, 1.54) is 18.7 Å². The van der Waals surface area contributed by atoms with Crippen molar-refractivity contribution < 1.29 is 9.59 Å². The van der Waals surface area contributed by atoms with E-state index in [0.717, 1.165) is 44.5 Å². The Hall–Kier alpha value is -2.96. The number of carbonyl (C=O) groups excluding carboxylic acids is 2. The summed E-state index contributed by atoms with van der Waals surface area (Å²) in [4.78, 5) is 35.4. The molecule has 4 rings (SSSR count). The first-order chi connectivity index (χ1) is 13.2. The second-order valence-electron chi connectivity index (χ2n) is 7.07. The lowest BCUT2D eigenvalue weighted by molar-refractivity contribution is 0.0946. The van der Waals surface area contributed by atoms with Crippen LogP contribution in [-0.2, 0) is 0 Å². The monoisotopic (exact) mass is 365 g/mol. The molecule has 1 saturated heterocycles. The Morgan fingerprint density at radius 3 is 2.63 bits per heavy atom. The van der Waals surface area contributed by atoms with Gasteiger partial charge in [0.2, 0.25) is 0 Å². The van der Waals surface area contributed by atoms with Crippen LogP contribution in [0.3, 0.4) is 0 Å². The van der Waals surface area contributed by atoms with Gasteiger partial charge in [0.1, 0.15) is 5.69 Å². The molecule has 0 radical (unpaired) electrons. The van der Waals surface area contributed by atoms with E-state index < -0.39 is 0 Å². The molecule has 1 saturated carbocycles. The van der Waals surface area contributed by atoms with E-state index in [2.05, 4.69) is 25.5 Å². The normalized spacial score (nSPS) is 16.7. The maximum absolute atomic E-state index is 12.7. The molecule has 27 heavy (non-hydrogen) atoms. The van der Waals surface area contributed by atoms with E-state index in [1.807, 2.05) is 6.07 Å². The van der Waals surface area contributed by atoms with Crippen LogP contribution >= 0.6 is 0 Å². The van der Waals surface area contributed by atoms with E-state index in [0.29, 0.717) is 11.3 Å². The van der Waals surface area contributed by atoms with E-state index >= 15 is 0 Å². The smallest absolute Gasteiger partial charge is 0.270 e. The van der Waals surface area contributed by atoms with Gasteiger partial charge in [-0.05, 0) is 50.3 Å². The van der Waals surface area contributed by atoms with Crippen LogP contribution < -0.4 is 15.5 Å². The number of hydrogen-bond donors (Lipinski definition) is 2. The van der Waals surface area contributed by atoms with Gasteiger partial charge >= 0.3 is 0 Å². The van der Waals surface area contributed by atoms with Gasteiger partial charge in [0, 0.05) is 37.1 Å². The lowest BCUT2D eigenvalue weighted by Crippen LogP contribution is -2.30. The topological polar surface area (TPSA) is 87.2 Å². The Balaban J connectivity index is 1.50. The first-order valence-corrected chi connectivity index (χ1v) is 9.48. The molecule has 3 heterocycles. The molecule has 0 spiro atoms. The van der Waals surface area contributed by atoms with Crippen molar-refractivity contribution in [3.63, 3.8) is 0 Å². The first kappa shape index (κ1) is 17.5. The van der Waals surface area contributed by atoms with Crippen LogP contribution in [0.15, 0.2) is 36.8 Å². The number of piperidine rings is 1. The fraction of sp³-hybridized carbons (Fsp3) is 0.400. The van der Waals surface area contributed by atoms with Crippen molar-refractivity contribution in [1.82, 2.24) is 15.3 Å². The van der Waals surface area contributed by atoms with Gasteiger partial charge in [-0.3, -0.25) is 19.6 Å². The van der Waals surface area contributed by atoms with Crippen molar-refractivity contribution in [2.24, 2.45) is 0 Å². The lowest BCUT2D eigenvalue weighted by Gasteiger charge is -2.30. The molecule has 2 aromatic heterocycles. The molecule has 0 atom stereocenters. The molecule has 2 fully saturated rings. The van der Waals surface area contributed by atoms with Gasteiger partial charge in [0.25, 0.3) is 11.8 Å². The van der Waals surface area contributed by atoms with E-state index in [4.69, 9.17) is 0 Å². The molecule has 2 aliphatic rings. The van der Waals surface area contributed by atoms with Crippen LogP contribution in [0.2, 0.25) is 0 Å². The van der Waals surface area contributed by atoms with Gasteiger partial charge in [-0.15, -0.1) is 0 Å². The third-order valence-corrected chi connectivity index (χ3v) is 4.91. The summed E-state index contributed by atoms with van der Waals surface area (Å²) in [7, 11) is 0. The van der Waals surface area contributed by atoms with E-state index in [-0.39, 0.29) is 23.6 Å². The summed E-state index contributed by atoms with van der Waals surface area (Å²) in [5.41, 5.74) is 2.33. The molecule has 2 aromatic rings. The summed E-state index contributed by atoms with van der Waals surface area (Å²) >= 11 is 0. The zero-order chi connectivity index (χ0) is 18.6. The highest BCUT2D eigenvalue weighted by molar-refractivity contribution is 6.07. The van der Waals surface area contributed by atoms with Crippen molar-refractivity contribution in [3.05, 3.63) is 48.0 Å². The molecule has 1 aliphatic heterocycles. The molecular formula is C20H23N5O2. The Kier molecular flexibility index (Phi) is 5.00. The van der Waals surface area contributed by atoms with Crippen LogP contribution in [-0.4, -0.2) is 40.9 Å². The number of nitrogens with zero attached hydrogens (tertiary/aromatic N) is 3. The van der Waals surface area contributed by atoms with Crippen LogP contribution in [0.1, 0.15) is 53.0 Å². The maximum Gasteiger partial charge on any atom is 0.270 e. The number of pyridine rings is 2. The molecule has 1 aliphatic carbocycles. The predicted molar refractivity (Wildman–Crippen MR) is 103 cm³/mol. The SMILES string of the molecule is O=C(Nc1cnccc1N1CCCCC1)c1ccnc(C(=O)NC2CC2)c1. The zero-order valence-corrected chi connectivity index (χ0v) is 15.1. The molecule has 2 N–H and O–H groups in total. The van der Waals surface area contributed by atoms with Gasteiger partial charge in [-0.2, -0.15) is 0 Å². The number of carbonyl (C=O) groups is 2. The third-order valence-electron chi connectivity index (χ3n) is 4.91. The fourth-order valence-corrected chi connectivity index (χ4v) is 3.27. The van der Waals surface area contributed by atoms with Crippen molar-refractivity contribution in [2.45, 2.75) is 38.1 Å². The van der Waals surface area contributed by atoms with Crippen molar-refractivity contribution in [1.29, 1.82) is 0 Å². The number of hydrogen-bond acceptors (Lipinski definition) is 5. The highest BCUT2D eigenvalue weighted by atomic mass is 16.2. The zero-order valence-electron chi connectivity index (χ0n) is 15.1. The van der Waals surface area contributed by atoms with Gasteiger partial charge < -0.3 is 15.5 Å². The van der Waals surface area contributed by atoms with E-state index in [9.17, 15) is 9.59 Å². The Labute approximate surface area is 158 Å². The maximum atomic E-state index is 12.7. The summed E-state index contributed by atoms with van der Waals surface area (Å²) in [5.74, 6) is -0.508. The molecule has 2 amide bonds. The Bertz CT molecular complexity index is 844. The minimum atomic E-state index is -0.274. The summed E-state index contributed by atoms with van der Waals surface area (Å²) in [5, 5.41) is 5.83. The first-order valence-electron chi connectivity index (χ1n) is 9.48. The van der Waals surface area contributed by atoms with Crippen LogP contribution in [0.4, 0.5) is 11.4 Å². The quantitative estimate of drug-likeness (QED) is 0.850. The number of aromatic nitrogens is 2. The summed E-state index contributed by atoms with van der Waals surface area (Å²) < 4.78 is 0. The second kappa shape index (κ2) is 7.73. The van der Waals surface area contributed by atoms with E-state index in [1.54, 1.807) is 18.5 Å². The molecular weight excluding hydrogens is 342 g/mol. The number of anilines is 2. The molecule has 7 nitrogen and oxygen atoms in total. The van der Waals surface area contributed by atoms with Gasteiger partial charge in [0.05, 0.1) is 17.6 Å². The Morgan fingerprint density at radius 1 is 1.04 bits per heavy atom. The molecule has 140 valence electrons. The fourth-order valence-electron chi connectivity index (χ4n) is 3.27. The third kappa shape index (κ3) is 4.24.